The van der Waals surface area contributed by atoms with E-state index < -0.39 is 30.5 Å². The molecule has 0 heterocycles. The summed E-state index contributed by atoms with van der Waals surface area (Å²) in [6, 6.07) is 9.69. The first kappa shape index (κ1) is 21.7. The number of halogens is 3. The summed E-state index contributed by atoms with van der Waals surface area (Å²) in [6.07, 6.45) is -6.17. The third-order valence-electron chi connectivity index (χ3n) is 3.85. The van der Waals surface area contributed by atoms with Crippen molar-refractivity contribution in [2.45, 2.75) is 25.2 Å². The maximum atomic E-state index is 12.9. The minimum atomic E-state index is -4.89. The average Bonchev–Trinajstić information content (AvgIpc) is 2.65. The Bertz CT molecular complexity index is 898. The number of rotatable bonds is 8. The summed E-state index contributed by atoms with van der Waals surface area (Å²) in [7, 11) is 0. The topological polar surface area (TPSA) is 126 Å². The lowest BCUT2D eigenvalue weighted by atomic mass is 10.1. The lowest BCUT2D eigenvalue weighted by Crippen LogP contribution is -2.46. The number of amides is 1. The fourth-order valence-electron chi connectivity index (χ4n) is 2.34. The molecule has 0 spiro atoms. The highest BCUT2D eigenvalue weighted by atomic mass is 19.4. The van der Waals surface area contributed by atoms with E-state index in [9.17, 15) is 22.8 Å². The Morgan fingerprint density at radius 1 is 1.14 bits per heavy atom. The highest BCUT2D eigenvalue weighted by Gasteiger charge is 2.42. The van der Waals surface area contributed by atoms with Gasteiger partial charge in [0.1, 0.15) is 24.2 Å². The SMILES string of the molecule is N=C(N)c1ccc(COc2cccc(C(=O)NC(CC(=O)O)C(F)(F)F)c2)cc1. The van der Waals surface area contributed by atoms with Gasteiger partial charge in [-0.05, 0) is 23.8 Å². The first-order chi connectivity index (χ1) is 13.6. The van der Waals surface area contributed by atoms with Crippen LogP contribution in [0.3, 0.4) is 0 Å². The van der Waals surface area contributed by atoms with Crippen molar-refractivity contribution in [3.63, 3.8) is 0 Å². The second-order valence-electron chi connectivity index (χ2n) is 6.09. The molecule has 0 aliphatic carbocycles. The van der Waals surface area contributed by atoms with Crippen LogP contribution < -0.4 is 15.8 Å². The molecule has 1 unspecified atom stereocenters. The third-order valence-corrected chi connectivity index (χ3v) is 3.85. The summed E-state index contributed by atoms with van der Waals surface area (Å²) in [5.41, 5.74) is 6.57. The summed E-state index contributed by atoms with van der Waals surface area (Å²) < 4.78 is 44.2. The number of nitrogens with one attached hydrogen (secondary N) is 2. The first-order valence-electron chi connectivity index (χ1n) is 8.32. The van der Waals surface area contributed by atoms with E-state index >= 15 is 0 Å². The van der Waals surface area contributed by atoms with Gasteiger partial charge in [0.2, 0.25) is 0 Å². The standard InChI is InChI=1S/C19H18F3N3O4/c20-19(21,22)15(9-16(26)27)25-18(28)13-2-1-3-14(8-13)29-10-11-4-6-12(7-5-11)17(23)24/h1-8,15H,9-10H2,(H3,23,24)(H,25,28)(H,26,27). The second kappa shape index (κ2) is 9.09. The van der Waals surface area contributed by atoms with E-state index in [0.29, 0.717) is 5.56 Å². The number of carbonyl (C=O) groups is 2. The molecule has 0 aromatic heterocycles. The van der Waals surface area contributed by atoms with Crippen molar-refractivity contribution >= 4 is 17.7 Å². The van der Waals surface area contributed by atoms with E-state index in [1.54, 1.807) is 29.6 Å². The number of ether oxygens (including phenoxy) is 1. The number of nitrogen functional groups attached to an aromatic ring is 1. The molecule has 0 fully saturated rings. The van der Waals surface area contributed by atoms with Crippen molar-refractivity contribution < 1.29 is 32.6 Å². The van der Waals surface area contributed by atoms with Gasteiger partial charge in [0.05, 0.1) is 6.42 Å². The molecule has 0 saturated carbocycles. The Morgan fingerprint density at radius 2 is 1.79 bits per heavy atom. The molecular weight excluding hydrogens is 391 g/mol. The van der Waals surface area contributed by atoms with Gasteiger partial charge in [-0.2, -0.15) is 13.2 Å². The minimum absolute atomic E-state index is 0.0729. The Labute approximate surface area is 163 Å². The van der Waals surface area contributed by atoms with Gasteiger partial charge < -0.3 is 20.9 Å². The van der Waals surface area contributed by atoms with Gasteiger partial charge in [0.15, 0.2) is 0 Å². The lowest BCUT2D eigenvalue weighted by molar-refractivity contribution is -0.165. The zero-order chi connectivity index (χ0) is 21.6. The van der Waals surface area contributed by atoms with Gasteiger partial charge in [-0.1, -0.05) is 30.3 Å². The number of carboxylic acids is 1. The molecule has 2 aromatic rings. The first-order valence-corrected chi connectivity index (χ1v) is 8.32. The number of aliphatic carboxylic acids is 1. The fraction of sp³-hybridized carbons (Fsp3) is 0.211. The van der Waals surface area contributed by atoms with Gasteiger partial charge >= 0.3 is 12.1 Å². The molecule has 0 radical (unpaired) electrons. The zero-order valence-electron chi connectivity index (χ0n) is 15.0. The Hall–Kier alpha value is -3.56. The number of alkyl halides is 3. The van der Waals surface area contributed by atoms with Crippen LogP contribution in [0.4, 0.5) is 13.2 Å². The molecule has 154 valence electrons. The van der Waals surface area contributed by atoms with Gasteiger partial charge in [0, 0.05) is 11.1 Å². The van der Waals surface area contributed by atoms with Crippen LogP contribution >= 0.6 is 0 Å². The minimum Gasteiger partial charge on any atom is -0.489 e. The average molecular weight is 409 g/mol. The van der Waals surface area contributed by atoms with E-state index in [1.807, 2.05) is 0 Å². The molecule has 29 heavy (non-hydrogen) atoms. The van der Waals surface area contributed by atoms with Gasteiger partial charge in [0.25, 0.3) is 5.91 Å². The molecule has 10 heteroatoms. The van der Waals surface area contributed by atoms with Gasteiger partial charge in [-0.15, -0.1) is 0 Å². The Morgan fingerprint density at radius 3 is 2.34 bits per heavy atom. The van der Waals surface area contributed by atoms with Crippen molar-refractivity contribution in [1.29, 1.82) is 5.41 Å². The maximum Gasteiger partial charge on any atom is 0.409 e. The van der Waals surface area contributed by atoms with Crippen LogP contribution in [0.25, 0.3) is 0 Å². The normalized spacial score (nSPS) is 12.1. The van der Waals surface area contributed by atoms with Crippen molar-refractivity contribution in [2.24, 2.45) is 5.73 Å². The number of benzene rings is 2. The van der Waals surface area contributed by atoms with Crippen molar-refractivity contribution in [2.75, 3.05) is 0 Å². The van der Waals surface area contributed by atoms with Crippen molar-refractivity contribution in [1.82, 2.24) is 5.32 Å². The predicted molar refractivity (Wildman–Crippen MR) is 97.8 cm³/mol. The van der Waals surface area contributed by atoms with E-state index in [4.69, 9.17) is 21.0 Å². The van der Waals surface area contributed by atoms with Crippen molar-refractivity contribution in [3.05, 3.63) is 65.2 Å². The quantitative estimate of drug-likeness (QED) is 0.394. The second-order valence-corrected chi connectivity index (χ2v) is 6.09. The molecule has 1 atom stereocenters. The van der Waals surface area contributed by atoms with Gasteiger partial charge in [-0.3, -0.25) is 15.0 Å². The molecule has 0 saturated heterocycles. The highest BCUT2D eigenvalue weighted by Crippen LogP contribution is 2.23. The number of nitrogens with two attached hydrogens (primary N) is 1. The Balaban J connectivity index is 2.04. The number of carbonyl (C=O) groups excluding carboxylic acids is 1. The molecule has 2 aromatic carbocycles. The molecule has 0 aliphatic rings. The summed E-state index contributed by atoms with van der Waals surface area (Å²) in [5, 5.41) is 17.6. The highest BCUT2D eigenvalue weighted by molar-refractivity contribution is 5.95. The summed E-state index contributed by atoms with van der Waals surface area (Å²) in [5.74, 6) is -2.57. The van der Waals surface area contributed by atoms with Crippen LogP contribution in [0.5, 0.6) is 5.75 Å². The summed E-state index contributed by atoms with van der Waals surface area (Å²) in [6.45, 7) is 0.118. The van der Waals surface area contributed by atoms with Crippen LogP contribution in [0.2, 0.25) is 0 Å². The number of hydrogen-bond acceptors (Lipinski definition) is 4. The number of amidine groups is 1. The monoisotopic (exact) mass is 409 g/mol. The fourth-order valence-corrected chi connectivity index (χ4v) is 2.34. The molecule has 2 rings (SSSR count). The largest absolute Gasteiger partial charge is 0.489 e. The predicted octanol–water partition coefficient (Wildman–Crippen LogP) is 2.69. The molecule has 5 N–H and O–H groups in total. The van der Waals surface area contributed by atoms with E-state index in [2.05, 4.69) is 0 Å². The molecule has 7 nitrogen and oxygen atoms in total. The molecule has 0 bridgehead atoms. The van der Waals surface area contributed by atoms with Crippen LogP contribution in [0.15, 0.2) is 48.5 Å². The summed E-state index contributed by atoms with van der Waals surface area (Å²) >= 11 is 0. The van der Waals surface area contributed by atoms with E-state index in [1.165, 1.54) is 24.3 Å². The zero-order valence-corrected chi connectivity index (χ0v) is 15.0. The lowest BCUT2D eigenvalue weighted by Gasteiger charge is -2.20. The van der Waals surface area contributed by atoms with Crippen LogP contribution in [-0.2, 0) is 11.4 Å². The Kier molecular flexibility index (Phi) is 6.81. The van der Waals surface area contributed by atoms with Crippen LogP contribution in [-0.4, -0.2) is 35.0 Å². The number of carboxylic acid groups (broad SMARTS) is 1. The number of hydrogen-bond donors (Lipinski definition) is 4. The molecular formula is C19H18F3N3O4. The van der Waals surface area contributed by atoms with Gasteiger partial charge in [-0.25, -0.2) is 0 Å². The maximum absolute atomic E-state index is 12.9. The van der Waals surface area contributed by atoms with Crippen LogP contribution in [0.1, 0.15) is 27.9 Å². The molecule has 1 amide bonds. The third kappa shape index (κ3) is 6.52. The van der Waals surface area contributed by atoms with Crippen molar-refractivity contribution in [3.8, 4) is 5.75 Å². The summed E-state index contributed by atoms with van der Waals surface area (Å²) in [4.78, 5) is 22.7. The van der Waals surface area contributed by atoms with E-state index in [-0.39, 0.29) is 23.8 Å². The van der Waals surface area contributed by atoms with E-state index in [0.717, 1.165) is 5.56 Å². The van der Waals surface area contributed by atoms with Crippen LogP contribution in [0, 0.1) is 5.41 Å². The smallest absolute Gasteiger partial charge is 0.409 e. The molecule has 0 aliphatic heterocycles.